The number of anilines is 2. The number of rotatable bonds is 2. The van der Waals surface area contributed by atoms with Gasteiger partial charge in [0.05, 0.1) is 17.2 Å². The minimum atomic E-state index is -4.55. The molecule has 0 fully saturated rings. The van der Waals surface area contributed by atoms with Crippen LogP contribution in [0.15, 0.2) is 42.5 Å². The Bertz CT molecular complexity index is 675. The molecule has 6 heteroatoms. The lowest BCUT2D eigenvalue weighted by atomic mass is 10.1. The molecule has 0 aromatic heterocycles. The van der Waals surface area contributed by atoms with Crippen molar-refractivity contribution in [2.75, 3.05) is 5.32 Å². The van der Waals surface area contributed by atoms with E-state index < -0.39 is 11.7 Å². The Hall–Kier alpha value is -1.75. The van der Waals surface area contributed by atoms with Crippen LogP contribution in [0.3, 0.4) is 0 Å². The number of nitrogens with zero attached hydrogens (tertiary/aromatic N) is 1. The van der Waals surface area contributed by atoms with Crippen molar-refractivity contribution in [2.24, 2.45) is 0 Å². The molecule has 0 bridgehead atoms. The van der Waals surface area contributed by atoms with Gasteiger partial charge in [0.2, 0.25) is 0 Å². The number of benzene rings is 2. The minimum absolute atomic E-state index is 0.290. The molecule has 0 unspecified atom stereocenters. The maximum atomic E-state index is 12.8. The van der Waals surface area contributed by atoms with E-state index in [1.54, 1.807) is 18.2 Å². The summed E-state index contributed by atoms with van der Waals surface area (Å²) in [5.74, 6) is 0. The van der Waals surface area contributed by atoms with Crippen LogP contribution in [0, 0.1) is 14.9 Å². The van der Waals surface area contributed by atoms with Crippen LogP contribution >= 0.6 is 22.6 Å². The fourth-order valence-corrected chi connectivity index (χ4v) is 2.23. The van der Waals surface area contributed by atoms with Crippen molar-refractivity contribution in [3.8, 4) is 6.07 Å². The normalized spacial score (nSPS) is 10.9. The summed E-state index contributed by atoms with van der Waals surface area (Å²) in [5.41, 5.74) is -0.339. The van der Waals surface area contributed by atoms with Crippen molar-refractivity contribution in [3.63, 3.8) is 0 Å². The number of nitrogens with one attached hydrogen (secondary N) is 1. The Morgan fingerprint density at radius 3 is 2.35 bits per heavy atom. The fourth-order valence-electron chi connectivity index (χ4n) is 1.69. The Balaban J connectivity index is 2.37. The standard InChI is InChI=1S/C14H8F3IN2/c15-14(16,17)13-7-12(5-4-9(13)8-19)20-11-3-1-2-10(18)6-11/h1-7,20H. The summed E-state index contributed by atoms with van der Waals surface area (Å²) in [6.45, 7) is 0. The van der Waals surface area contributed by atoms with E-state index >= 15 is 0 Å². The summed E-state index contributed by atoms with van der Waals surface area (Å²) in [6, 6.07) is 12.4. The molecule has 0 radical (unpaired) electrons. The van der Waals surface area contributed by atoms with Gasteiger partial charge in [-0.2, -0.15) is 18.4 Å². The maximum absolute atomic E-state index is 12.8. The van der Waals surface area contributed by atoms with Crippen molar-refractivity contribution >= 4 is 34.0 Å². The van der Waals surface area contributed by atoms with E-state index in [4.69, 9.17) is 5.26 Å². The fraction of sp³-hybridized carbons (Fsp3) is 0.0714. The summed E-state index contributed by atoms with van der Waals surface area (Å²) in [4.78, 5) is 0. The van der Waals surface area contributed by atoms with Gasteiger partial charge >= 0.3 is 6.18 Å². The van der Waals surface area contributed by atoms with Crippen LogP contribution in [-0.4, -0.2) is 0 Å². The Morgan fingerprint density at radius 1 is 1.05 bits per heavy atom. The zero-order valence-corrected chi connectivity index (χ0v) is 12.2. The Kier molecular flexibility index (Phi) is 4.18. The molecule has 0 amide bonds. The van der Waals surface area contributed by atoms with Gasteiger partial charge in [0.15, 0.2) is 0 Å². The second kappa shape index (κ2) is 5.71. The Morgan fingerprint density at radius 2 is 1.75 bits per heavy atom. The van der Waals surface area contributed by atoms with Crippen LogP contribution in [0.4, 0.5) is 24.5 Å². The molecule has 2 rings (SSSR count). The Labute approximate surface area is 127 Å². The smallest absolute Gasteiger partial charge is 0.355 e. The van der Waals surface area contributed by atoms with E-state index in [0.717, 1.165) is 9.64 Å². The molecule has 0 heterocycles. The SMILES string of the molecule is N#Cc1ccc(Nc2cccc(I)c2)cc1C(F)(F)F. The quantitative estimate of drug-likeness (QED) is 0.742. The largest absolute Gasteiger partial charge is 0.417 e. The molecule has 20 heavy (non-hydrogen) atoms. The van der Waals surface area contributed by atoms with Crippen LogP contribution in [0.2, 0.25) is 0 Å². The van der Waals surface area contributed by atoms with Gasteiger partial charge in [-0.1, -0.05) is 6.07 Å². The third-order valence-corrected chi connectivity index (χ3v) is 3.23. The second-order valence-corrected chi connectivity index (χ2v) is 5.25. The molecule has 0 aliphatic heterocycles. The van der Waals surface area contributed by atoms with E-state index in [2.05, 4.69) is 27.9 Å². The monoisotopic (exact) mass is 388 g/mol. The lowest BCUT2D eigenvalue weighted by Gasteiger charge is -2.12. The van der Waals surface area contributed by atoms with Crippen molar-refractivity contribution in [2.45, 2.75) is 6.18 Å². The minimum Gasteiger partial charge on any atom is -0.355 e. The summed E-state index contributed by atoms with van der Waals surface area (Å²) < 4.78 is 39.5. The zero-order chi connectivity index (χ0) is 14.8. The molecular formula is C14H8F3IN2. The highest BCUT2D eigenvalue weighted by atomic mass is 127. The first-order chi connectivity index (χ1) is 9.40. The van der Waals surface area contributed by atoms with Gasteiger partial charge < -0.3 is 5.32 Å². The highest BCUT2D eigenvalue weighted by molar-refractivity contribution is 14.1. The van der Waals surface area contributed by atoms with Crippen LogP contribution in [0.5, 0.6) is 0 Å². The molecule has 102 valence electrons. The van der Waals surface area contributed by atoms with Crippen molar-refractivity contribution in [1.29, 1.82) is 5.26 Å². The van der Waals surface area contributed by atoms with Gasteiger partial charge in [0, 0.05) is 14.9 Å². The van der Waals surface area contributed by atoms with Gasteiger partial charge in [0.25, 0.3) is 0 Å². The number of hydrogen-bond donors (Lipinski definition) is 1. The molecule has 0 atom stereocenters. The zero-order valence-electron chi connectivity index (χ0n) is 10.0. The van der Waals surface area contributed by atoms with Gasteiger partial charge in [-0.25, -0.2) is 0 Å². The molecule has 0 spiro atoms. The predicted octanol–water partition coefficient (Wildman–Crippen LogP) is 4.93. The summed E-state index contributed by atoms with van der Waals surface area (Å²) >= 11 is 2.12. The van der Waals surface area contributed by atoms with E-state index in [1.807, 2.05) is 12.1 Å². The topological polar surface area (TPSA) is 35.8 Å². The number of alkyl halides is 3. The third kappa shape index (κ3) is 3.42. The highest BCUT2D eigenvalue weighted by Gasteiger charge is 2.33. The molecule has 1 N–H and O–H groups in total. The summed E-state index contributed by atoms with van der Waals surface area (Å²) in [6.07, 6.45) is -4.55. The first kappa shape index (κ1) is 14.7. The summed E-state index contributed by atoms with van der Waals surface area (Å²) in [5, 5.41) is 11.6. The van der Waals surface area contributed by atoms with E-state index in [1.165, 1.54) is 12.1 Å². The number of halogens is 4. The molecule has 0 aliphatic carbocycles. The summed E-state index contributed by atoms with van der Waals surface area (Å²) in [7, 11) is 0. The highest BCUT2D eigenvalue weighted by Crippen LogP contribution is 2.34. The van der Waals surface area contributed by atoms with E-state index in [0.29, 0.717) is 11.4 Å². The molecule has 2 aromatic carbocycles. The lowest BCUT2D eigenvalue weighted by Crippen LogP contribution is -2.08. The molecule has 2 nitrogen and oxygen atoms in total. The third-order valence-electron chi connectivity index (χ3n) is 2.56. The van der Waals surface area contributed by atoms with Crippen LogP contribution in [0.25, 0.3) is 0 Å². The van der Waals surface area contributed by atoms with E-state index in [9.17, 15) is 13.2 Å². The van der Waals surface area contributed by atoms with Crippen molar-refractivity contribution in [1.82, 2.24) is 0 Å². The van der Waals surface area contributed by atoms with Crippen LogP contribution < -0.4 is 5.32 Å². The van der Waals surface area contributed by atoms with Crippen LogP contribution in [-0.2, 0) is 6.18 Å². The number of hydrogen-bond acceptors (Lipinski definition) is 2. The molecule has 0 saturated heterocycles. The molecule has 0 saturated carbocycles. The van der Waals surface area contributed by atoms with Gasteiger partial charge in [-0.05, 0) is 59.0 Å². The molecule has 0 aliphatic rings. The average Bonchev–Trinajstić information content (AvgIpc) is 2.37. The van der Waals surface area contributed by atoms with Gasteiger partial charge in [-0.15, -0.1) is 0 Å². The van der Waals surface area contributed by atoms with Gasteiger partial charge in [-0.3, -0.25) is 0 Å². The molecule has 2 aromatic rings. The first-order valence-corrected chi connectivity index (χ1v) is 6.62. The van der Waals surface area contributed by atoms with Crippen molar-refractivity contribution < 1.29 is 13.2 Å². The maximum Gasteiger partial charge on any atom is 0.417 e. The van der Waals surface area contributed by atoms with Crippen molar-refractivity contribution in [3.05, 3.63) is 57.2 Å². The average molecular weight is 388 g/mol. The number of nitriles is 1. The van der Waals surface area contributed by atoms with Gasteiger partial charge in [0.1, 0.15) is 0 Å². The van der Waals surface area contributed by atoms with Crippen LogP contribution in [0.1, 0.15) is 11.1 Å². The van der Waals surface area contributed by atoms with E-state index in [-0.39, 0.29) is 5.56 Å². The second-order valence-electron chi connectivity index (χ2n) is 4.01. The lowest BCUT2D eigenvalue weighted by molar-refractivity contribution is -0.137. The predicted molar refractivity (Wildman–Crippen MR) is 78.6 cm³/mol. The first-order valence-electron chi connectivity index (χ1n) is 5.54. The molecular weight excluding hydrogens is 380 g/mol.